The quantitative estimate of drug-likeness (QED) is 0.873. The molecule has 3 heteroatoms. The van der Waals surface area contributed by atoms with E-state index in [1.54, 1.807) is 0 Å². The largest absolute Gasteiger partial charge is 0.325 e. The Morgan fingerprint density at radius 2 is 1.85 bits per heavy atom. The summed E-state index contributed by atoms with van der Waals surface area (Å²) in [7, 11) is 0. The van der Waals surface area contributed by atoms with Crippen LogP contribution in [-0.4, -0.2) is 12.5 Å². The van der Waals surface area contributed by atoms with E-state index in [2.05, 4.69) is 29.7 Å². The molecule has 104 valence electrons. The maximum absolute atomic E-state index is 11.9. The summed E-state index contributed by atoms with van der Waals surface area (Å²) in [6.45, 7) is 4.35. The van der Waals surface area contributed by atoms with Crippen LogP contribution in [0.1, 0.15) is 24.1 Å². The van der Waals surface area contributed by atoms with Crippen LogP contribution in [0.15, 0.2) is 54.6 Å². The molecule has 1 atom stereocenters. The fraction of sp³-hybridized carbons (Fsp3) is 0.235. The average Bonchev–Trinajstić information content (AvgIpc) is 2.46. The molecule has 0 aliphatic heterocycles. The van der Waals surface area contributed by atoms with Crippen molar-refractivity contribution in [1.82, 2.24) is 5.32 Å². The highest BCUT2D eigenvalue weighted by Crippen LogP contribution is 2.11. The van der Waals surface area contributed by atoms with Gasteiger partial charge in [0.1, 0.15) is 0 Å². The predicted molar refractivity (Wildman–Crippen MR) is 82.7 cm³/mol. The number of nitrogens with one attached hydrogen (secondary N) is 2. The first kappa shape index (κ1) is 14.3. The Labute approximate surface area is 120 Å². The van der Waals surface area contributed by atoms with Crippen molar-refractivity contribution in [2.45, 2.75) is 19.9 Å². The molecule has 0 fully saturated rings. The molecule has 0 aliphatic rings. The molecule has 2 aromatic carbocycles. The van der Waals surface area contributed by atoms with Gasteiger partial charge in [0.05, 0.1) is 6.54 Å². The first-order chi connectivity index (χ1) is 9.65. The van der Waals surface area contributed by atoms with E-state index in [1.165, 1.54) is 5.56 Å². The topological polar surface area (TPSA) is 41.1 Å². The molecule has 3 nitrogen and oxygen atoms in total. The number of amides is 1. The monoisotopic (exact) mass is 268 g/mol. The average molecular weight is 268 g/mol. The van der Waals surface area contributed by atoms with Crippen molar-refractivity contribution in [1.29, 1.82) is 0 Å². The first-order valence-corrected chi connectivity index (χ1v) is 6.80. The third kappa shape index (κ3) is 4.21. The van der Waals surface area contributed by atoms with E-state index in [9.17, 15) is 4.79 Å². The van der Waals surface area contributed by atoms with E-state index in [1.807, 2.05) is 49.4 Å². The Balaban J connectivity index is 1.83. The van der Waals surface area contributed by atoms with Crippen molar-refractivity contribution < 1.29 is 4.79 Å². The Morgan fingerprint density at radius 3 is 2.55 bits per heavy atom. The standard InChI is InChI=1S/C17H20N2O/c1-13-7-6-10-16(11-13)19-17(20)12-18-14(2)15-8-4-3-5-9-15/h3-11,14,18H,12H2,1-2H3,(H,19,20)/t14-/m1/s1. The lowest BCUT2D eigenvalue weighted by molar-refractivity contribution is -0.115. The number of hydrogen-bond donors (Lipinski definition) is 2. The predicted octanol–water partition coefficient (Wildman–Crippen LogP) is 3.28. The molecule has 0 saturated carbocycles. The van der Waals surface area contributed by atoms with Crippen molar-refractivity contribution in [3.8, 4) is 0 Å². The summed E-state index contributed by atoms with van der Waals surface area (Å²) in [5, 5.41) is 6.11. The lowest BCUT2D eigenvalue weighted by atomic mass is 10.1. The van der Waals surface area contributed by atoms with Gasteiger partial charge in [0.2, 0.25) is 5.91 Å². The van der Waals surface area contributed by atoms with Crippen molar-refractivity contribution in [2.24, 2.45) is 0 Å². The number of carbonyl (C=O) groups excluding carboxylic acids is 1. The number of rotatable bonds is 5. The van der Waals surface area contributed by atoms with Crippen LogP contribution < -0.4 is 10.6 Å². The van der Waals surface area contributed by atoms with Gasteiger partial charge in [0, 0.05) is 11.7 Å². The normalized spacial score (nSPS) is 11.9. The lowest BCUT2D eigenvalue weighted by Crippen LogP contribution is -2.30. The fourth-order valence-electron chi connectivity index (χ4n) is 2.03. The van der Waals surface area contributed by atoms with E-state index >= 15 is 0 Å². The number of hydrogen-bond acceptors (Lipinski definition) is 2. The summed E-state index contributed by atoms with van der Waals surface area (Å²) in [5.74, 6) is -0.0293. The Hall–Kier alpha value is -2.13. The van der Waals surface area contributed by atoms with Crippen LogP contribution in [0, 0.1) is 6.92 Å². The van der Waals surface area contributed by atoms with Gasteiger partial charge in [-0.2, -0.15) is 0 Å². The van der Waals surface area contributed by atoms with Gasteiger partial charge in [-0.25, -0.2) is 0 Å². The minimum absolute atomic E-state index is 0.0293. The van der Waals surface area contributed by atoms with Gasteiger partial charge in [-0.1, -0.05) is 42.5 Å². The number of benzene rings is 2. The summed E-state index contributed by atoms with van der Waals surface area (Å²) < 4.78 is 0. The molecule has 0 radical (unpaired) electrons. The SMILES string of the molecule is Cc1cccc(NC(=O)CN[C@H](C)c2ccccc2)c1. The van der Waals surface area contributed by atoms with Crippen LogP contribution in [0.4, 0.5) is 5.69 Å². The van der Waals surface area contributed by atoms with Gasteiger partial charge in [-0.3, -0.25) is 4.79 Å². The van der Waals surface area contributed by atoms with Crippen LogP contribution in [0.2, 0.25) is 0 Å². The van der Waals surface area contributed by atoms with Gasteiger partial charge in [-0.15, -0.1) is 0 Å². The van der Waals surface area contributed by atoms with Gasteiger partial charge < -0.3 is 10.6 Å². The van der Waals surface area contributed by atoms with E-state index < -0.39 is 0 Å². The molecule has 0 bridgehead atoms. The minimum Gasteiger partial charge on any atom is -0.325 e. The van der Waals surface area contributed by atoms with Gasteiger partial charge in [0.25, 0.3) is 0 Å². The van der Waals surface area contributed by atoms with E-state index in [-0.39, 0.29) is 11.9 Å². The van der Waals surface area contributed by atoms with Crippen LogP contribution >= 0.6 is 0 Å². The number of aryl methyl sites for hydroxylation is 1. The van der Waals surface area contributed by atoms with E-state index in [0.717, 1.165) is 11.3 Å². The molecule has 2 aromatic rings. The summed E-state index contributed by atoms with van der Waals surface area (Å²) in [6.07, 6.45) is 0. The van der Waals surface area contributed by atoms with Crippen molar-refractivity contribution in [2.75, 3.05) is 11.9 Å². The molecule has 0 aromatic heterocycles. The van der Waals surface area contributed by atoms with Crippen molar-refractivity contribution >= 4 is 11.6 Å². The van der Waals surface area contributed by atoms with Gasteiger partial charge in [0.15, 0.2) is 0 Å². The molecule has 0 unspecified atom stereocenters. The van der Waals surface area contributed by atoms with Gasteiger partial charge >= 0.3 is 0 Å². The minimum atomic E-state index is -0.0293. The van der Waals surface area contributed by atoms with E-state index in [4.69, 9.17) is 0 Å². The smallest absolute Gasteiger partial charge is 0.238 e. The molecule has 1 amide bonds. The second-order valence-corrected chi connectivity index (χ2v) is 4.93. The van der Waals surface area contributed by atoms with Crippen LogP contribution in [-0.2, 0) is 4.79 Å². The fourth-order valence-corrected chi connectivity index (χ4v) is 2.03. The molecule has 0 spiro atoms. The molecule has 20 heavy (non-hydrogen) atoms. The van der Waals surface area contributed by atoms with Crippen molar-refractivity contribution in [3.63, 3.8) is 0 Å². The van der Waals surface area contributed by atoms with E-state index in [0.29, 0.717) is 6.54 Å². The molecule has 0 heterocycles. The third-order valence-corrected chi connectivity index (χ3v) is 3.17. The summed E-state index contributed by atoms with van der Waals surface area (Å²) in [5.41, 5.74) is 3.15. The molecule has 0 aliphatic carbocycles. The maximum atomic E-state index is 11.9. The molecular weight excluding hydrogens is 248 g/mol. The number of anilines is 1. The zero-order valence-corrected chi connectivity index (χ0v) is 11.9. The van der Waals surface area contributed by atoms with Gasteiger partial charge in [-0.05, 0) is 37.1 Å². The lowest BCUT2D eigenvalue weighted by Gasteiger charge is -2.14. The second-order valence-electron chi connectivity index (χ2n) is 4.93. The first-order valence-electron chi connectivity index (χ1n) is 6.80. The molecule has 2 N–H and O–H groups in total. The summed E-state index contributed by atoms with van der Waals surface area (Å²) >= 11 is 0. The Morgan fingerprint density at radius 1 is 1.10 bits per heavy atom. The summed E-state index contributed by atoms with van der Waals surface area (Å²) in [6, 6.07) is 18.0. The summed E-state index contributed by atoms with van der Waals surface area (Å²) in [4.78, 5) is 11.9. The van der Waals surface area contributed by atoms with Crippen LogP contribution in [0.25, 0.3) is 0 Å². The maximum Gasteiger partial charge on any atom is 0.238 e. The second kappa shape index (κ2) is 6.87. The third-order valence-electron chi connectivity index (χ3n) is 3.17. The highest BCUT2D eigenvalue weighted by Gasteiger charge is 2.07. The Bertz CT molecular complexity index is 566. The molecule has 2 rings (SSSR count). The molecular formula is C17H20N2O. The number of carbonyl (C=O) groups is 1. The highest BCUT2D eigenvalue weighted by molar-refractivity contribution is 5.92. The zero-order chi connectivity index (χ0) is 14.4. The highest BCUT2D eigenvalue weighted by atomic mass is 16.1. The zero-order valence-electron chi connectivity index (χ0n) is 11.9. The van der Waals surface area contributed by atoms with Crippen LogP contribution in [0.5, 0.6) is 0 Å². The molecule has 0 saturated heterocycles. The Kier molecular flexibility index (Phi) is 4.91. The van der Waals surface area contributed by atoms with Crippen molar-refractivity contribution in [3.05, 3.63) is 65.7 Å². The van der Waals surface area contributed by atoms with Crippen LogP contribution in [0.3, 0.4) is 0 Å².